The molecule has 1 N–H and O–H groups in total. The fourth-order valence-corrected chi connectivity index (χ4v) is 2.98. The summed E-state index contributed by atoms with van der Waals surface area (Å²) in [5.41, 5.74) is 2.52. The van der Waals surface area contributed by atoms with Gasteiger partial charge < -0.3 is 10.2 Å². The monoisotopic (exact) mass is 334 g/mol. The first-order valence-electron chi connectivity index (χ1n) is 7.21. The lowest BCUT2D eigenvalue weighted by Gasteiger charge is -2.27. The predicted octanol–water partition coefficient (Wildman–Crippen LogP) is 3.71. The van der Waals surface area contributed by atoms with Gasteiger partial charge in [-0.15, -0.1) is 0 Å². The summed E-state index contributed by atoms with van der Waals surface area (Å²) in [5.74, 6) is 0.0743. The summed E-state index contributed by atoms with van der Waals surface area (Å²) in [4.78, 5) is 14.3. The molecule has 3 rings (SSSR count). The van der Waals surface area contributed by atoms with Crippen LogP contribution in [0, 0.1) is 0 Å². The second-order valence-electron chi connectivity index (χ2n) is 5.22. The van der Waals surface area contributed by atoms with Crippen molar-refractivity contribution in [3.05, 3.63) is 58.1 Å². The van der Waals surface area contributed by atoms with Gasteiger partial charge in [0.25, 0.3) is 5.91 Å². The van der Waals surface area contributed by atoms with Gasteiger partial charge in [0, 0.05) is 37.3 Å². The van der Waals surface area contributed by atoms with Gasteiger partial charge in [0.15, 0.2) is 0 Å². The van der Waals surface area contributed by atoms with E-state index in [2.05, 4.69) is 5.32 Å². The molecule has 1 aliphatic heterocycles. The van der Waals surface area contributed by atoms with Gasteiger partial charge in [-0.3, -0.25) is 4.79 Å². The molecule has 2 aromatic carbocycles. The second-order valence-corrected chi connectivity index (χ2v) is 6.01. The summed E-state index contributed by atoms with van der Waals surface area (Å²) in [6.07, 6.45) is 0. The summed E-state index contributed by atoms with van der Waals surface area (Å²) in [6.45, 7) is 3.20. The maximum absolute atomic E-state index is 12.4. The Morgan fingerprint density at radius 2 is 1.68 bits per heavy atom. The van der Waals surface area contributed by atoms with Crippen molar-refractivity contribution >= 4 is 29.1 Å². The van der Waals surface area contributed by atoms with Crippen LogP contribution in [-0.2, 0) is 0 Å². The highest BCUT2D eigenvalue weighted by molar-refractivity contribution is 6.43. The minimum Gasteiger partial charge on any atom is -0.336 e. The lowest BCUT2D eigenvalue weighted by Crippen LogP contribution is -2.46. The molecule has 0 atom stereocenters. The van der Waals surface area contributed by atoms with Crippen LogP contribution in [0.3, 0.4) is 0 Å². The molecule has 0 radical (unpaired) electrons. The molecule has 0 unspecified atom stereocenters. The van der Waals surface area contributed by atoms with Crippen LogP contribution in [0.25, 0.3) is 11.1 Å². The maximum Gasteiger partial charge on any atom is 0.253 e. The van der Waals surface area contributed by atoms with Crippen LogP contribution in [0.15, 0.2) is 42.5 Å². The quantitative estimate of drug-likeness (QED) is 0.907. The Labute approximate surface area is 139 Å². The molecule has 1 amide bonds. The molecule has 114 valence electrons. The second kappa shape index (κ2) is 6.69. The van der Waals surface area contributed by atoms with Gasteiger partial charge in [-0.05, 0) is 23.8 Å². The van der Waals surface area contributed by atoms with Crippen molar-refractivity contribution in [3.63, 3.8) is 0 Å². The Morgan fingerprint density at radius 1 is 1.00 bits per heavy atom. The smallest absolute Gasteiger partial charge is 0.253 e. The minimum absolute atomic E-state index is 0.0743. The largest absolute Gasteiger partial charge is 0.336 e. The Hall–Kier alpha value is -1.55. The average Bonchev–Trinajstić information content (AvgIpc) is 2.58. The molecule has 1 heterocycles. The SMILES string of the molecule is O=C(c1ccc(-c2cccc(Cl)c2Cl)cc1)N1CCNCC1. The topological polar surface area (TPSA) is 32.3 Å². The van der Waals surface area contributed by atoms with E-state index in [9.17, 15) is 4.79 Å². The normalized spacial score (nSPS) is 14.9. The summed E-state index contributed by atoms with van der Waals surface area (Å²) in [6, 6.07) is 13.0. The number of piperazine rings is 1. The first-order chi connectivity index (χ1) is 10.7. The van der Waals surface area contributed by atoms with Gasteiger partial charge >= 0.3 is 0 Å². The number of amides is 1. The number of halogens is 2. The van der Waals surface area contributed by atoms with Crippen molar-refractivity contribution in [2.75, 3.05) is 26.2 Å². The van der Waals surface area contributed by atoms with E-state index in [1.54, 1.807) is 6.07 Å². The molecule has 1 saturated heterocycles. The van der Waals surface area contributed by atoms with Crippen molar-refractivity contribution in [3.8, 4) is 11.1 Å². The highest BCUT2D eigenvalue weighted by Gasteiger charge is 2.18. The Bertz CT molecular complexity index is 680. The molecule has 0 spiro atoms. The highest BCUT2D eigenvalue weighted by Crippen LogP contribution is 2.33. The fraction of sp³-hybridized carbons (Fsp3) is 0.235. The highest BCUT2D eigenvalue weighted by atomic mass is 35.5. The number of benzene rings is 2. The lowest BCUT2D eigenvalue weighted by atomic mass is 10.0. The molecule has 3 nitrogen and oxygen atoms in total. The maximum atomic E-state index is 12.4. The zero-order valence-corrected chi connectivity index (χ0v) is 13.5. The van der Waals surface area contributed by atoms with Crippen molar-refractivity contribution in [1.82, 2.24) is 10.2 Å². The van der Waals surface area contributed by atoms with Crippen molar-refractivity contribution in [1.29, 1.82) is 0 Å². The van der Waals surface area contributed by atoms with Crippen LogP contribution in [0.4, 0.5) is 0 Å². The molecular weight excluding hydrogens is 319 g/mol. The zero-order chi connectivity index (χ0) is 15.5. The molecule has 1 aliphatic rings. The molecule has 22 heavy (non-hydrogen) atoms. The number of nitrogens with zero attached hydrogens (tertiary/aromatic N) is 1. The number of carbonyl (C=O) groups is 1. The summed E-state index contributed by atoms with van der Waals surface area (Å²) >= 11 is 12.3. The van der Waals surface area contributed by atoms with Crippen molar-refractivity contribution < 1.29 is 4.79 Å². The van der Waals surface area contributed by atoms with E-state index < -0.39 is 0 Å². The third-order valence-electron chi connectivity index (χ3n) is 3.80. The first kappa shape index (κ1) is 15.3. The average molecular weight is 335 g/mol. The third kappa shape index (κ3) is 3.12. The van der Waals surface area contributed by atoms with Crippen LogP contribution in [0.5, 0.6) is 0 Å². The standard InChI is InChI=1S/C17H16Cl2N2O/c18-15-3-1-2-14(16(15)19)12-4-6-13(7-5-12)17(22)21-10-8-20-9-11-21/h1-7,20H,8-11H2. The van der Waals surface area contributed by atoms with E-state index >= 15 is 0 Å². The van der Waals surface area contributed by atoms with E-state index in [0.29, 0.717) is 15.6 Å². The molecule has 2 aromatic rings. The van der Waals surface area contributed by atoms with E-state index in [0.717, 1.165) is 37.3 Å². The molecule has 0 bridgehead atoms. The Kier molecular flexibility index (Phi) is 4.67. The van der Waals surface area contributed by atoms with E-state index in [-0.39, 0.29) is 5.91 Å². The van der Waals surface area contributed by atoms with Gasteiger partial charge in [-0.1, -0.05) is 47.5 Å². The van der Waals surface area contributed by atoms with E-state index in [1.807, 2.05) is 41.3 Å². The molecule has 5 heteroatoms. The van der Waals surface area contributed by atoms with Gasteiger partial charge in [0.2, 0.25) is 0 Å². The summed E-state index contributed by atoms with van der Waals surface area (Å²) in [5, 5.41) is 4.30. The van der Waals surface area contributed by atoms with Gasteiger partial charge in [-0.2, -0.15) is 0 Å². The number of hydrogen-bond donors (Lipinski definition) is 1. The van der Waals surface area contributed by atoms with Gasteiger partial charge in [0.1, 0.15) is 0 Å². The van der Waals surface area contributed by atoms with Crippen LogP contribution < -0.4 is 5.32 Å². The summed E-state index contributed by atoms with van der Waals surface area (Å²) < 4.78 is 0. The van der Waals surface area contributed by atoms with Crippen LogP contribution in [-0.4, -0.2) is 37.0 Å². The molecule has 1 fully saturated rings. The Morgan fingerprint density at radius 3 is 2.36 bits per heavy atom. The molecule has 0 aromatic heterocycles. The van der Waals surface area contributed by atoms with Crippen LogP contribution in [0.2, 0.25) is 10.0 Å². The number of hydrogen-bond acceptors (Lipinski definition) is 2. The molecule has 0 saturated carbocycles. The van der Waals surface area contributed by atoms with E-state index in [1.165, 1.54) is 0 Å². The van der Waals surface area contributed by atoms with Crippen molar-refractivity contribution in [2.45, 2.75) is 0 Å². The van der Waals surface area contributed by atoms with Crippen molar-refractivity contribution in [2.24, 2.45) is 0 Å². The van der Waals surface area contributed by atoms with Crippen LogP contribution >= 0.6 is 23.2 Å². The number of nitrogens with one attached hydrogen (secondary N) is 1. The first-order valence-corrected chi connectivity index (χ1v) is 7.97. The lowest BCUT2D eigenvalue weighted by molar-refractivity contribution is 0.0736. The number of carbonyl (C=O) groups excluding carboxylic acids is 1. The number of rotatable bonds is 2. The van der Waals surface area contributed by atoms with Gasteiger partial charge in [0.05, 0.1) is 10.0 Å². The van der Waals surface area contributed by atoms with E-state index in [4.69, 9.17) is 23.2 Å². The zero-order valence-electron chi connectivity index (χ0n) is 12.0. The fourth-order valence-electron chi connectivity index (χ4n) is 2.57. The molecular formula is C17H16Cl2N2O. The minimum atomic E-state index is 0.0743. The third-order valence-corrected chi connectivity index (χ3v) is 4.62. The summed E-state index contributed by atoms with van der Waals surface area (Å²) in [7, 11) is 0. The van der Waals surface area contributed by atoms with Gasteiger partial charge in [-0.25, -0.2) is 0 Å². The van der Waals surface area contributed by atoms with Crippen LogP contribution in [0.1, 0.15) is 10.4 Å². The predicted molar refractivity (Wildman–Crippen MR) is 90.7 cm³/mol. The Balaban J connectivity index is 1.83. The molecule has 0 aliphatic carbocycles.